The van der Waals surface area contributed by atoms with Gasteiger partial charge in [0.05, 0.1) is 0 Å². The molecular formula is C18H29N. The molecule has 1 aliphatic rings. The van der Waals surface area contributed by atoms with E-state index in [-0.39, 0.29) is 0 Å². The molecule has 2 rings (SSSR count). The lowest BCUT2D eigenvalue weighted by atomic mass is 9.73. The molecule has 1 nitrogen and oxygen atoms in total. The molecular weight excluding hydrogens is 230 g/mol. The van der Waals surface area contributed by atoms with Crippen LogP contribution in [0, 0.1) is 32.6 Å². The van der Waals surface area contributed by atoms with Crippen molar-refractivity contribution < 1.29 is 0 Å². The van der Waals surface area contributed by atoms with Gasteiger partial charge in [-0.1, -0.05) is 37.0 Å². The maximum Gasteiger partial charge on any atom is -0.00745 e. The van der Waals surface area contributed by atoms with Crippen molar-refractivity contribution in [2.75, 3.05) is 6.54 Å². The van der Waals surface area contributed by atoms with Gasteiger partial charge in [-0.05, 0) is 75.1 Å². The van der Waals surface area contributed by atoms with Gasteiger partial charge in [-0.25, -0.2) is 0 Å². The highest BCUT2D eigenvalue weighted by atomic mass is 14.5. The normalized spacial score (nSPS) is 23.6. The Hall–Kier alpha value is -0.820. The standard InChI is InChI=1S/C18H29N/c1-13-10-14(2)18(15(3)11-13)12-17-7-5-4-6-16(17)8-9-19/h10-11,16-17H,4-9,12,19H2,1-3H3. The molecule has 2 unspecified atom stereocenters. The highest BCUT2D eigenvalue weighted by molar-refractivity contribution is 5.37. The van der Waals surface area contributed by atoms with Gasteiger partial charge >= 0.3 is 0 Å². The third-order valence-electron chi connectivity index (χ3n) is 4.91. The molecule has 0 radical (unpaired) electrons. The molecule has 1 saturated carbocycles. The average molecular weight is 259 g/mol. The number of hydrogen-bond donors (Lipinski definition) is 1. The Morgan fingerprint density at radius 2 is 1.58 bits per heavy atom. The summed E-state index contributed by atoms with van der Waals surface area (Å²) < 4.78 is 0. The lowest BCUT2D eigenvalue weighted by Gasteiger charge is -2.32. The summed E-state index contributed by atoms with van der Waals surface area (Å²) in [5.41, 5.74) is 11.7. The lowest BCUT2D eigenvalue weighted by Crippen LogP contribution is -2.24. The fraction of sp³-hybridized carbons (Fsp3) is 0.667. The van der Waals surface area contributed by atoms with Crippen LogP contribution >= 0.6 is 0 Å². The minimum Gasteiger partial charge on any atom is -0.330 e. The van der Waals surface area contributed by atoms with E-state index in [1.807, 2.05) is 0 Å². The number of benzene rings is 1. The third kappa shape index (κ3) is 3.60. The Labute approximate surface area is 118 Å². The average Bonchev–Trinajstić information content (AvgIpc) is 2.36. The molecule has 1 fully saturated rings. The van der Waals surface area contributed by atoms with E-state index in [2.05, 4.69) is 32.9 Å². The zero-order chi connectivity index (χ0) is 13.8. The minimum absolute atomic E-state index is 0.854. The first-order valence-corrected chi connectivity index (χ1v) is 7.88. The zero-order valence-electron chi connectivity index (χ0n) is 12.8. The van der Waals surface area contributed by atoms with Crippen LogP contribution in [0.25, 0.3) is 0 Å². The highest BCUT2D eigenvalue weighted by Crippen LogP contribution is 2.35. The Kier molecular flexibility index (Phi) is 5.04. The van der Waals surface area contributed by atoms with Crippen molar-refractivity contribution in [2.45, 2.75) is 59.3 Å². The fourth-order valence-electron chi connectivity index (χ4n) is 3.94. The molecule has 1 aromatic rings. The molecule has 1 aliphatic carbocycles. The van der Waals surface area contributed by atoms with Gasteiger partial charge in [-0.15, -0.1) is 0 Å². The van der Waals surface area contributed by atoms with Crippen LogP contribution in [0.3, 0.4) is 0 Å². The molecule has 1 heteroatoms. The summed E-state index contributed by atoms with van der Waals surface area (Å²) in [6.45, 7) is 7.60. The molecule has 2 N–H and O–H groups in total. The maximum absolute atomic E-state index is 5.79. The van der Waals surface area contributed by atoms with E-state index in [1.54, 1.807) is 5.56 Å². The summed E-state index contributed by atoms with van der Waals surface area (Å²) in [5, 5.41) is 0. The van der Waals surface area contributed by atoms with Gasteiger partial charge in [0, 0.05) is 0 Å². The van der Waals surface area contributed by atoms with E-state index in [0.717, 1.165) is 18.4 Å². The smallest absolute Gasteiger partial charge is 0.00745 e. The topological polar surface area (TPSA) is 26.0 Å². The van der Waals surface area contributed by atoms with Crippen LogP contribution in [-0.2, 0) is 6.42 Å². The summed E-state index contributed by atoms with van der Waals surface area (Å²) >= 11 is 0. The van der Waals surface area contributed by atoms with Crippen LogP contribution < -0.4 is 5.73 Å². The first-order chi connectivity index (χ1) is 9.11. The molecule has 106 valence electrons. The number of aryl methyl sites for hydroxylation is 3. The van der Waals surface area contributed by atoms with E-state index in [1.165, 1.54) is 55.2 Å². The Morgan fingerprint density at radius 3 is 2.16 bits per heavy atom. The Morgan fingerprint density at radius 1 is 1.00 bits per heavy atom. The summed E-state index contributed by atoms with van der Waals surface area (Å²) in [7, 11) is 0. The number of hydrogen-bond acceptors (Lipinski definition) is 1. The quantitative estimate of drug-likeness (QED) is 0.856. The van der Waals surface area contributed by atoms with Crippen molar-refractivity contribution >= 4 is 0 Å². The fourth-order valence-corrected chi connectivity index (χ4v) is 3.94. The Bertz CT molecular complexity index is 397. The molecule has 0 amide bonds. The van der Waals surface area contributed by atoms with Crippen molar-refractivity contribution in [3.05, 3.63) is 34.4 Å². The van der Waals surface area contributed by atoms with Gasteiger partial charge in [0.2, 0.25) is 0 Å². The molecule has 0 aromatic heterocycles. The molecule has 0 aliphatic heterocycles. The lowest BCUT2D eigenvalue weighted by molar-refractivity contribution is 0.225. The van der Waals surface area contributed by atoms with E-state index < -0.39 is 0 Å². The van der Waals surface area contributed by atoms with Crippen LogP contribution in [0.1, 0.15) is 54.4 Å². The van der Waals surface area contributed by atoms with E-state index in [0.29, 0.717) is 0 Å². The van der Waals surface area contributed by atoms with Gasteiger partial charge in [-0.2, -0.15) is 0 Å². The second-order valence-electron chi connectivity index (χ2n) is 6.46. The highest BCUT2D eigenvalue weighted by Gasteiger charge is 2.25. The first-order valence-electron chi connectivity index (χ1n) is 7.88. The van der Waals surface area contributed by atoms with Crippen molar-refractivity contribution in [3.8, 4) is 0 Å². The minimum atomic E-state index is 0.854. The summed E-state index contributed by atoms with van der Waals surface area (Å²) in [6.07, 6.45) is 8.10. The molecule has 0 spiro atoms. The second kappa shape index (κ2) is 6.56. The number of nitrogens with two attached hydrogens (primary N) is 1. The predicted molar refractivity (Wildman–Crippen MR) is 83.5 cm³/mol. The Balaban J connectivity index is 2.15. The van der Waals surface area contributed by atoms with Gasteiger partial charge in [0.1, 0.15) is 0 Å². The van der Waals surface area contributed by atoms with Crippen molar-refractivity contribution in [1.29, 1.82) is 0 Å². The van der Waals surface area contributed by atoms with Gasteiger partial charge in [0.15, 0.2) is 0 Å². The van der Waals surface area contributed by atoms with Crippen molar-refractivity contribution in [2.24, 2.45) is 17.6 Å². The summed E-state index contributed by atoms with van der Waals surface area (Å²) in [5.74, 6) is 1.72. The SMILES string of the molecule is Cc1cc(C)c(CC2CCCCC2CCN)c(C)c1. The molecule has 0 heterocycles. The van der Waals surface area contributed by atoms with Crippen LogP contribution in [0.5, 0.6) is 0 Å². The van der Waals surface area contributed by atoms with E-state index >= 15 is 0 Å². The molecule has 19 heavy (non-hydrogen) atoms. The van der Waals surface area contributed by atoms with Crippen LogP contribution in [0.4, 0.5) is 0 Å². The third-order valence-corrected chi connectivity index (χ3v) is 4.91. The second-order valence-corrected chi connectivity index (χ2v) is 6.46. The molecule has 0 saturated heterocycles. The van der Waals surface area contributed by atoms with Gasteiger partial charge in [-0.3, -0.25) is 0 Å². The largest absolute Gasteiger partial charge is 0.330 e. The first kappa shape index (κ1) is 14.6. The molecule has 1 aromatic carbocycles. The van der Waals surface area contributed by atoms with Crippen molar-refractivity contribution in [1.82, 2.24) is 0 Å². The number of rotatable bonds is 4. The van der Waals surface area contributed by atoms with Crippen LogP contribution in [-0.4, -0.2) is 6.54 Å². The van der Waals surface area contributed by atoms with Crippen LogP contribution in [0.15, 0.2) is 12.1 Å². The van der Waals surface area contributed by atoms with E-state index in [4.69, 9.17) is 5.73 Å². The van der Waals surface area contributed by atoms with Crippen molar-refractivity contribution in [3.63, 3.8) is 0 Å². The predicted octanol–water partition coefficient (Wildman–Crippen LogP) is 4.31. The summed E-state index contributed by atoms with van der Waals surface area (Å²) in [4.78, 5) is 0. The van der Waals surface area contributed by atoms with Gasteiger partial charge in [0.25, 0.3) is 0 Å². The van der Waals surface area contributed by atoms with Gasteiger partial charge < -0.3 is 5.73 Å². The monoisotopic (exact) mass is 259 g/mol. The van der Waals surface area contributed by atoms with Crippen LogP contribution in [0.2, 0.25) is 0 Å². The van der Waals surface area contributed by atoms with E-state index in [9.17, 15) is 0 Å². The molecule has 2 atom stereocenters. The summed E-state index contributed by atoms with van der Waals surface area (Å²) in [6, 6.07) is 4.67. The zero-order valence-corrected chi connectivity index (χ0v) is 12.8. The molecule has 0 bridgehead atoms. The maximum atomic E-state index is 5.79.